The highest BCUT2D eigenvalue weighted by atomic mass is 16.6. The van der Waals surface area contributed by atoms with Crippen molar-refractivity contribution in [1.82, 2.24) is 5.32 Å². The van der Waals surface area contributed by atoms with Crippen molar-refractivity contribution in [2.45, 2.75) is 24.5 Å². The Morgan fingerprint density at radius 1 is 1.16 bits per heavy atom. The smallest absolute Gasteiger partial charge is 0.251 e. The summed E-state index contributed by atoms with van der Waals surface area (Å²) in [5.41, 5.74) is 1.32. The Kier molecular flexibility index (Phi) is 2.35. The second kappa shape index (κ2) is 4.07. The zero-order valence-corrected chi connectivity index (χ0v) is 10.5. The summed E-state index contributed by atoms with van der Waals surface area (Å²) in [7, 11) is 0. The third kappa shape index (κ3) is 2.10. The number of amides is 1. The fourth-order valence-corrected chi connectivity index (χ4v) is 2.64. The van der Waals surface area contributed by atoms with Gasteiger partial charge in [-0.2, -0.15) is 0 Å². The van der Waals surface area contributed by atoms with E-state index in [2.05, 4.69) is 47.8 Å². The van der Waals surface area contributed by atoms with Crippen LogP contribution in [0.4, 0.5) is 0 Å². The first-order valence-electron chi connectivity index (χ1n) is 6.72. The van der Waals surface area contributed by atoms with Crippen LogP contribution in [0.2, 0.25) is 0 Å². The normalized spacial score (nSPS) is 28.1. The molecule has 1 N–H and O–H groups in total. The van der Waals surface area contributed by atoms with E-state index in [1.54, 1.807) is 0 Å². The Morgan fingerprint density at radius 3 is 2.74 bits per heavy atom. The van der Waals surface area contributed by atoms with Crippen LogP contribution in [-0.2, 0) is 9.53 Å². The van der Waals surface area contributed by atoms with Gasteiger partial charge < -0.3 is 10.1 Å². The zero-order valence-electron chi connectivity index (χ0n) is 10.5. The molecule has 2 aliphatic rings. The highest BCUT2D eigenvalue weighted by Gasteiger charge is 2.42. The van der Waals surface area contributed by atoms with Gasteiger partial charge in [0, 0.05) is 12.0 Å². The van der Waals surface area contributed by atoms with Crippen LogP contribution in [0.15, 0.2) is 42.5 Å². The topological polar surface area (TPSA) is 41.6 Å². The van der Waals surface area contributed by atoms with Gasteiger partial charge in [-0.1, -0.05) is 42.5 Å². The summed E-state index contributed by atoms with van der Waals surface area (Å²) < 4.78 is 4.99. The molecule has 0 spiro atoms. The number of nitrogens with one attached hydrogen (secondary N) is 1. The molecule has 1 aliphatic heterocycles. The van der Waals surface area contributed by atoms with Crippen molar-refractivity contribution in [2.75, 3.05) is 6.61 Å². The number of epoxide rings is 1. The number of hydrogen-bond donors (Lipinski definition) is 1. The molecular formula is C16H15NO2. The minimum absolute atomic E-state index is 0.0493. The van der Waals surface area contributed by atoms with E-state index in [4.69, 9.17) is 4.74 Å². The van der Waals surface area contributed by atoms with Crippen molar-refractivity contribution in [2.24, 2.45) is 0 Å². The van der Waals surface area contributed by atoms with Gasteiger partial charge in [0.2, 0.25) is 0 Å². The lowest BCUT2D eigenvalue weighted by Crippen LogP contribution is -2.30. The number of fused-ring (bicyclic) bond motifs is 1. The third-order valence-corrected chi connectivity index (χ3v) is 3.95. The fourth-order valence-electron chi connectivity index (χ4n) is 2.64. The van der Waals surface area contributed by atoms with Gasteiger partial charge in [0.05, 0.1) is 6.61 Å². The van der Waals surface area contributed by atoms with Gasteiger partial charge in [0.15, 0.2) is 6.10 Å². The standard InChI is InChI=1S/C16H15NO2/c18-16(15-9-19-15)17-14-8-13(14)12-6-5-10-3-1-2-4-11(10)7-12/h1-7,13-15H,8-9H2,(H,17,18)/t13-,14+,15?/m0/s1. The van der Waals surface area contributed by atoms with E-state index in [0.717, 1.165) is 6.42 Å². The van der Waals surface area contributed by atoms with Crippen molar-refractivity contribution in [3.8, 4) is 0 Å². The van der Waals surface area contributed by atoms with Crippen LogP contribution in [0.5, 0.6) is 0 Å². The lowest BCUT2D eigenvalue weighted by Gasteiger charge is -2.04. The molecule has 2 aromatic rings. The van der Waals surface area contributed by atoms with Crippen LogP contribution in [0, 0.1) is 0 Å². The first kappa shape index (κ1) is 11.0. The Labute approximate surface area is 111 Å². The predicted molar refractivity (Wildman–Crippen MR) is 73.0 cm³/mol. The van der Waals surface area contributed by atoms with Crippen LogP contribution in [-0.4, -0.2) is 24.7 Å². The number of ether oxygens (including phenoxy) is 1. The zero-order chi connectivity index (χ0) is 12.8. The molecule has 19 heavy (non-hydrogen) atoms. The molecule has 0 bridgehead atoms. The molecule has 1 aliphatic carbocycles. The number of carbonyl (C=O) groups is 1. The Balaban J connectivity index is 1.51. The molecule has 4 rings (SSSR count). The molecule has 0 radical (unpaired) electrons. The highest BCUT2D eigenvalue weighted by molar-refractivity contribution is 5.84. The van der Waals surface area contributed by atoms with E-state index in [9.17, 15) is 4.79 Å². The van der Waals surface area contributed by atoms with Crippen molar-refractivity contribution in [3.63, 3.8) is 0 Å². The van der Waals surface area contributed by atoms with Gasteiger partial charge in [-0.25, -0.2) is 0 Å². The second-order valence-corrected chi connectivity index (χ2v) is 5.39. The summed E-state index contributed by atoms with van der Waals surface area (Å²) in [6, 6.07) is 15.2. The Morgan fingerprint density at radius 2 is 1.95 bits per heavy atom. The maximum Gasteiger partial charge on any atom is 0.251 e. The Bertz CT molecular complexity index is 648. The molecule has 1 heterocycles. The van der Waals surface area contributed by atoms with Crippen LogP contribution < -0.4 is 5.32 Å². The lowest BCUT2D eigenvalue weighted by molar-refractivity contribution is -0.122. The van der Waals surface area contributed by atoms with Crippen LogP contribution in [0.25, 0.3) is 10.8 Å². The second-order valence-electron chi connectivity index (χ2n) is 5.39. The lowest BCUT2D eigenvalue weighted by atomic mass is 10.0. The molecule has 1 saturated heterocycles. The summed E-state index contributed by atoms with van der Waals surface area (Å²) in [6.45, 7) is 0.583. The maximum atomic E-state index is 11.6. The van der Waals surface area contributed by atoms with Crippen LogP contribution >= 0.6 is 0 Å². The molecular weight excluding hydrogens is 238 g/mol. The first-order chi connectivity index (χ1) is 9.31. The van der Waals surface area contributed by atoms with Gasteiger partial charge in [-0.3, -0.25) is 4.79 Å². The summed E-state index contributed by atoms with van der Waals surface area (Å²) in [4.78, 5) is 11.6. The average molecular weight is 253 g/mol. The van der Waals surface area contributed by atoms with Crippen molar-refractivity contribution >= 4 is 16.7 Å². The van der Waals surface area contributed by atoms with Crippen molar-refractivity contribution in [1.29, 1.82) is 0 Å². The molecule has 0 aromatic heterocycles. The molecule has 3 atom stereocenters. The molecule has 3 heteroatoms. The summed E-state index contributed by atoms with van der Waals surface area (Å²) in [5.74, 6) is 0.514. The van der Waals surface area contributed by atoms with E-state index in [1.165, 1.54) is 16.3 Å². The maximum absolute atomic E-state index is 11.6. The molecule has 3 nitrogen and oxygen atoms in total. The van der Waals surface area contributed by atoms with Crippen LogP contribution in [0.1, 0.15) is 17.9 Å². The van der Waals surface area contributed by atoms with E-state index >= 15 is 0 Å². The predicted octanol–water partition coefficient (Wildman–Crippen LogP) is 2.21. The Hall–Kier alpha value is -1.87. The van der Waals surface area contributed by atoms with Gasteiger partial charge in [0.25, 0.3) is 5.91 Å². The number of rotatable bonds is 3. The van der Waals surface area contributed by atoms with E-state index < -0.39 is 0 Å². The van der Waals surface area contributed by atoms with E-state index in [1.807, 2.05) is 0 Å². The average Bonchev–Trinajstić information content (AvgIpc) is 3.31. The molecule has 1 saturated carbocycles. The van der Waals surface area contributed by atoms with E-state index in [0.29, 0.717) is 12.5 Å². The minimum atomic E-state index is -0.183. The quantitative estimate of drug-likeness (QED) is 0.852. The number of hydrogen-bond acceptors (Lipinski definition) is 2. The molecule has 1 unspecified atom stereocenters. The molecule has 2 aromatic carbocycles. The largest absolute Gasteiger partial charge is 0.363 e. The SMILES string of the molecule is O=C(N[C@@H]1C[C@H]1c1ccc2ccccc2c1)C1CO1. The fraction of sp³-hybridized carbons (Fsp3) is 0.312. The van der Waals surface area contributed by atoms with Crippen LogP contribution in [0.3, 0.4) is 0 Å². The third-order valence-electron chi connectivity index (χ3n) is 3.95. The minimum Gasteiger partial charge on any atom is -0.363 e. The van der Waals surface area contributed by atoms with Gasteiger partial charge in [0.1, 0.15) is 0 Å². The monoisotopic (exact) mass is 253 g/mol. The van der Waals surface area contributed by atoms with Crippen molar-refractivity contribution < 1.29 is 9.53 Å². The molecule has 2 fully saturated rings. The molecule has 96 valence electrons. The van der Waals surface area contributed by atoms with Gasteiger partial charge >= 0.3 is 0 Å². The summed E-state index contributed by atoms with van der Waals surface area (Å²) in [6.07, 6.45) is 0.856. The summed E-state index contributed by atoms with van der Waals surface area (Å²) in [5, 5.41) is 5.58. The van der Waals surface area contributed by atoms with Crippen molar-refractivity contribution in [3.05, 3.63) is 48.0 Å². The number of benzene rings is 2. The first-order valence-corrected chi connectivity index (χ1v) is 6.72. The van der Waals surface area contributed by atoms with Gasteiger partial charge in [-0.05, 0) is 22.8 Å². The molecule has 1 amide bonds. The van der Waals surface area contributed by atoms with Gasteiger partial charge in [-0.15, -0.1) is 0 Å². The highest BCUT2D eigenvalue weighted by Crippen LogP contribution is 2.41. The number of carbonyl (C=O) groups excluding carboxylic acids is 1. The van der Waals surface area contributed by atoms with E-state index in [-0.39, 0.29) is 18.1 Å². The summed E-state index contributed by atoms with van der Waals surface area (Å²) >= 11 is 0.